The Morgan fingerprint density at radius 1 is 1.47 bits per heavy atom. The Bertz CT molecular complexity index is 346. The molecule has 2 nitrogen and oxygen atoms in total. The first kappa shape index (κ1) is 10.3. The summed E-state index contributed by atoms with van der Waals surface area (Å²) < 4.78 is 0. The zero-order valence-electron chi connectivity index (χ0n) is 9.88. The van der Waals surface area contributed by atoms with Gasteiger partial charge in [-0.15, -0.1) is 0 Å². The SMILES string of the molecule is CCN1c2c(C)cccc2NCCC1C. The number of hydrogen-bond donors (Lipinski definition) is 1. The molecule has 0 aliphatic carbocycles. The molecule has 0 amide bonds. The van der Waals surface area contributed by atoms with Crippen molar-refractivity contribution in [1.29, 1.82) is 0 Å². The van der Waals surface area contributed by atoms with Gasteiger partial charge in [-0.2, -0.15) is 0 Å². The minimum atomic E-state index is 0.629. The van der Waals surface area contributed by atoms with Crippen LogP contribution >= 0.6 is 0 Å². The molecule has 2 heteroatoms. The largest absolute Gasteiger partial charge is 0.383 e. The van der Waals surface area contributed by atoms with E-state index in [1.165, 1.54) is 23.4 Å². The molecular weight excluding hydrogens is 184 g/mol. The maximum Gasteiger partial charge on any atom is 0.0634 e. The van der Waals surface area contributed by atoms with E-state index in [1.54, 1.807) is 0 Å². The van der Waals surface area contributed by atoms with E-state index in [-0.39, 0.29) is 0 Å². The third-order valence-electron chi connectivity index (χ3n) is 3.28. The Morgan fingerprint density at radius 3 is 3.00 bits per heavy atom. The fraction of sp³-hybridized carbons (Fsp3) is 0.538. The summed E-state index contributed by atoms with van der Waals surface area (Å²) in [5.74, 6) is 0. The lowest BCUT2D eigenvalue weighted by atomic mass is 10.1. The molecule has 1 aliphatic rings. The van der Waals surface area contributed by atoms with Gasteiger partial charge >= 0.3 is 0 Å². The van der Waals surface area contributed by atoms with Crippen molar-refractivity contribution in [1.82, 2.24) is 0 Å². The number of rotatable bonds is 1. The highest BCUT2D eigenvalue weighted by molar-refractivity contribution is 5.74. The molecule has 1 N–H and O–H groups in total. The number of nitrogens with zero attached hydrogens (tertiary/aromatic N) is 1. The van der Waals surface area contributed by atoms with Gasteiger partial charge in [-0.3, -0.25) is 0 Å². The second-order valence-corrected chi connectivity index (χ2v) is 4.32. The number of nitrogens with one attached hydrogen (secondary N) is 1. The number of benzene rings is 1. The quantitative estimate of drug-likeness (QED) is 0.756. The van der Waals surface area contributed by atoms with Crippen LogP contribution in [0.1, 0.15) is 25.8 Å². The lowest BCUT2D eigenvalue weighted by Gasteiger charge is -2.30. The summed E-state index contributed by atoms with van der Waals surface area (Å²) >= 11 is 0. The maximum atomic E-state index is 3.52. The Kier molecular flexibility index (Phi) is 2.85. The predicted octanol–water partition coefficient (Wildman–Crippen LogP) is 3.03. The van der Waals surface area contributed by atoms with Crippen molar-refractivity contribution in [2.45, 2.75) is 33.2 Å². The number of para-hydroxylation sites is 1. The zero-order chi connectivity index (χ0) is 10.8. The first-order valence-corrected chi connectivity index (χ1v) is 5.84. The summed E-state index contributed by atoms with van der Waals surface area (Å²) in [5, 5.41) is 3.52. The van der Waals surface area contributed by atoms with Gasteiger partial charge in [0.05, 0.1) is 11.4 Å². The predicted molar refractivity (Wildman–Crippen MR) is 66.8 cm³/mol. The normalized spacial score (nSPS) is 20.5. The molecule has 1 aliphatic heterocycles. The third-order valence-corrected chi connectivity index (χ3v) is 3.28. The van der Waals surface area contributed by atoms with Crippen LogP contribution in [-0.2, 0) is 0 Å². The highest BCUT2D eigenvalue weighted by Gasteiger charge is 2.20. The van der Waals surface area contributed by atoms with Crippen molar-refractivity contribution in [3.8, 4) is 0 Å². The first-order chi connectivity index (χ1) is 7.24. The van der Waals surface area contributed by atoms with Crippen molar-refractivity contribution in [3.05, 3.63) is 23.8 Å². The Hall–Kier alpha value is -1.18. The Morgan fingerprint density at radius 2 is 2.27 bits per heavy atom. The van der Waals surface area contributed by atoms with Crippen LogP contribution < -0.4 is 10.2 Å². The van der Waals surface area contributed by atoms with E-state index in [9.17, 15) is 0 Å². The lowest BCUT2D eigenvalue weighted by molar-refractivity contribution is 0.625. The van der Waals surface area contributed by atoms with Gasteiger partial charge in [0.2, 0.25) is 0 Å². The Balaban J connectivity index is 2.49. The van der Waals surface area contributed by atoms with Crippen molar-refractivity contribution in [2.24, 2.45) is 0 Å². The summed E-state index contributed by atoms with van der Waals surface area (Å²) in [7, 11) is 0. The molecule has 15 heavy (non-hydrogen) atoms. The maximum absolute atomic E-state index is 3.52. The second-order valence-electron chi connectivity index (χ2n) is 4.32. The van der Waals surface area contributed by atoms with Crippen molar-refractivity contribution >= 4 is 11.4 Å². The number of hydrogen-bond acceptors (Lipinski definition) is 2. The van der Waals surface area contributed by atoms with E-state index in [0.717, 1.165) is 13.1 Å². The molecule has 1 aromatic rings. The number of aryl methyl sites for hydroxylation is 1. The summed E-state index contributed by atoms with van der Waals surface area (Å²) in [4.78, 5) is 2.50. The topological polar surface area (TPSA) is 15.3 Å². The molecule has 0 aromatic heterocycles. The van der Waals surface area contributed by atoms with Gasteiger partial charge in [0.25, 0.3) is 0 Å². The number of fused-ring (bicyclic) bond motifs is 1. The molecular formula is C13H20N2. The summed E-state index contributed by atoms with van der Waals surface area (Å²) in [6.07, 6.45) is 1.21. The van der Waals surface area contributed by atoms with Crippen LogP contribution in [0.3, 0.4) is 0 Å². The van der Waals surface area contributed by atoms with E-state index in [0.29, 0.717) is 6.04 Å². The summed E-state index contributed by atoms with van der Waals surface area (Å²) in [5.41, 5.74) is 4.06. The van der Waals surface area contributed by atoms with Crippen LogP contribution in [0, 0.1) is 6.92 Å². The van der Waals surface area contributed by atoms with Crippen LogP contribution in [0.25, 0.3) is 0 Å². The molecule has 0 bridgehead atoms. The van der Waals surface area contributed by atoms with Crippen LogP contribution in [-0.4, -0.2) is 19.1 Å². The van der Waals surface area contributed by atoms with Gasteiger partial charge in [-0.05, 0) is 38.8 Å². The van der Waals surface area contributed by atoms with Crippen molar-refractivity contribution < 1.29 is 0 Å². The van der Waals surface area contributed by atoms with Crippen molar-refractivity contribution in [2.75, 3.05) is 23.3 Å². The minimum Gasteiger partial charge on any atom is -0.383 e. The molecule has 82 valence electrons. The molecule has 1 unspecified atom stereocenters. The van der Waals surface area contributed by atoms with Gasteiger partial charge in [-0.1, -0.05) is 12.1 Å². The zero-order valence-corrected chi connectivity index (χ0v) is 9.88. The lowest BCUT2D eigenvalue weighted by Crippen LogP contribution is -2.32. The molecule has 0 fully saturated rings. The molecule has 2 rings (SSSR count). The van der Waals surface area contributed by atoms with Crippen LogP contribution in [0.4, 0.5) is 11.4 Å². The van der Waals surface area contributed by atoms with E-state index in [2.05, 4.69) is 49.2 Å². The van der Waals surface area contributed by atoms with E-state index in [4.69, 9.17) is 0 Å². The minimum absolute atomic E-state index is 0.629. The van der Waals surface area contributed by atoms with Crippen molar-refractivity contribution in [3.63, 3.8) is 0 Å². The van der Waals surface area contributed by atoms with E-state index >= 15 is 0 Å². The first-order valence-electron chi connectivity index (χ1n) is 5.84. The van der Waals surface area contributed by atoms with Gasteiger partial charge < -0.3 is 10.2 Å². The summed E-state index contributed by atoms with van der Waals surface area (Å²) in [6, 6.07) is 7.14. The van der Waals surface area contributed by atoms with Crippen LogP contribution in [0.15, 0.2) is 18.2 Å². The standard InChI is InChI=1S/C13H20N2/c1-4-15-11(3)8-9-14-12-7-5-6-10(2)13(12)15/h5-7,11,14H,4,8-9H2,1-3H3. The second kappa shape index (κ2) is 4.13. The third kappa shape index (κ3) is 1.81. The molecule has 0 spiro atoms. The van der Waals surface area contributed by atoms with E-state index in [1.807, 2.05) is 0 Å². The molecule has 0 radical (unpaired) electrons. The van der Waals surface area contributed by atoms with E-state index < -0.39 is 0 Å². The van der Waals surface area contributed by atoms with Gasteiger partial charge in [0, 0.05) is 19.1 Å². The molecule has 1 aromatic carbocycles. The molecule has 1 heterocycles. The van der Waals surface area contributed by atoms with Crippen LogP contribution in [0.2, 0.25) is 0 Å². The van der Waals surface area contributed by atoms with Gasteiger partial charge in [0.15, 0.2) is 0 Å². The fourth-order valence-corrected chi connectivity index (χ4v) is 2.44. The molecule has 0 saturated carbocycles. The summed E-state index contributed by atoms with van der Waals surface area (Å²) in [6.45, 7) is 8.90. The van der Waals surface area contributed by atoms with Gasteiger partial charge in [0.1, 0.15) is 0 Å². The molecule has 0 saturated heterocycles. The Labute approximate surface area is 92.3 Å². The highest BCUT2D eigenvalue weighted by Crippen LogP contribution is 2.33. The highest BCUT2D eigenvalue weighted by atomic mass is 15.2. The number of anilines is 2. The van der Waals surface area contributed by atoms with Gasteiger partial charge in [-0.25, -0.2) is 0 Å². The average Bonchev–Trinajstić information content (AvgIpc) is 2.38. The fourth-order valence-electron chi connectivity index (χ4n) is 2.44. The van der Waals surface area contributed by atoms with Crippen LogP contribution in [0.5, 0.6) is 0 Å². The average molecular weight is 204 g/mol. The monoisotopic (exact) mass is 204 g/mol. The smallest absolute Gasteiger partial charge is 0.0634 e. The molecule has 1 atom stereocenters.